The normalized spacial score (nSPS) is 21.7. The van der Waals surface area contributed by atoms with Crippen LogP contribution in [0.25, 0.3) is 0 Å². The van der Waals surface area contributed by atoms with E-state index in [1.54, 1.807) is 0 Å². The van der Waals surface area contributed by atoms with Crippen molar-refractivity contribution in [1.29, 1.82) is 0 Å². The molecular formula is C15H26N4. The number of hydrogen-bond donors (Lipinski definition) is 1. The Balaban J connectivity index is 1.94. The lowest BCUT2D eigenvalue weighted by Gasteiger charge is -2.38. The average Bonchev–Trinajstić information content (AvgIpc) is 2.40. The number of hydrogen-bond acceptors (Lipinski definition) is 4. The van der Waals surface area contributed by atoms with Crippen molar-refractivity contribution in [2.45, 2.75) is 33.0 Å². The minimum absolute atomic E-state index is 0.609. The van der Waals surface area contributed by atoms with Gasteiger partial charge in [0.05, 0.1) is 11.4 Å². The summed E-state index contributed by atoms with van der Waals surface area (Å²) in [4.78, 5) is 9.67. The monoisotopic (exact) mass is 262 g/mol. The van der Waals surface area contributed by atoms with Crippen molar-refractivity contribution in [3.05, 3.63) is 29.6 Å². The van der Waals surface area contributed by atoms with E-state index >= 15 is 0 Å². The molecule has 0 bridgehead atoms. The van der Waals surface area contributed by atoms with Gasteiger partial charge in [0.1, 0.15) is 0 Å². The number of piperazine rings is 1. The largest absolute Gasteiger partial charge is 0.311 e. The van der Waals surface area contributed by atoms with Crippen molar-refractivity contribution < 1.29 is 0 Å². The summed E-state index contributed by atoms with van der Waals surface area (Å²) in [6, 6.07) is 6.97. The smallest absolute Gasteiger partial charge is 0.0548 e. The molecule has 4 heteroatoms. The van der Waals surface area contributed by atoms with Gasteiger partial charge in [-0.1, -0.05) is 13.0 Å². The highest BCUT2D eigenvalue weighted by Crippen LogP contribution is 2.12. The quantitative estimate of drug-likeness (QED) is 0.867. The van der Waals surface area contributed by atoms with Gasteiger partial charge in [-0.05, 0) is 32.6 Å². The first-order chi connectivity index (χ1) is 9.19. The van der Waals surface area contributed by atoms with Gasteiger partial charge in [-0.3, -0.25) is 9.88 Å². The minimum Gasteiger partial charge on any atom is -0.311 e. The van der Waals surface area contributed by atoms with E-state index in [1.165, 1.54) is 5.69 Å². The van der Waals surface area contributed by atoms with Crippen molar-refractivity contribution in [2.75, 3.05) is 33.2 Å². The van der Waals surface area contributed by atoms with Crippen LogP contribution in [0.2, 0.25) is 0 Å². The third-order valence-electron chi connectivity index (χ3n) is 3.75. The highest BCUT2D eigenvalue weighted by atomic mass is 15.3. The Morgan fingerprint density at radius 3 is 2.84 bits per heavy atom. The molecule has 1 fully saturated rings. The molecule has 0 radical (unpaired) electrons. The number of likely N-dealkylation sites (N-methyl/N-ethyl adjacent to an activating group) is 1. The number of aromatic nitrogens is 1. The van der Waals surface area contributed by atoms with Crippen LogP contribution in [0.3, 0.4) is 0 Å². The number of pyridine rings is 1. The molecule has 1 aromatic heterocycles. The van der Waals surface area contributed by atoms with Crippen molar-refractivity contribution >= 4 is 0 Å². The Morgan fingerprint density at radius 1 is 1.32 bits per heavy atom. The molecule has 1 aromatic rings. The summed E-state index contributed by atoms with van der Waals surface area (Å²) in [5.74, 6) is 0. The average molecular weight is 262 g/mol. The second-order valence-corrected chi connectivity index (χ2v) is 5.48. The molecule has 19 heavy (non-hydrogen) atoms. The van der Waals surface area contributed by atoms with Gasteiger partial charge in [0.2, 0.25) is 0 Å². The van der Waals surface area contributed by atoms with Crippen LogP contribution in [0.15, 0.2) is 18.2 Å². The number of nitrogens with zero attached hydrogens (tertiary/aromatic N) is 3. The Labute approximate surface area is 116 Å². The standard InChI is InChI=1S/C15H26N4/c1-4-16-10-14-6-5-7-15(17-14)12-19-9-8-18(3)11-13(19)2/h5-7,13,16H,4,8-12H2,1-3H3. The summed E-state index contributed by atoms with van der Waals surface area (Å²) in [6.45, 7) is 10.7. The van der Waals surface area contributed by atoms with Gasteiger partial charge in [0.15, 0.2) is 0 Å². The molecular weight excluding hydrogens is 236 g/mol. The summed E-state index contributed by atoms with van der Waals surface area (Å²) in [5.41, 5.74) is 2.33. The van der Waals surface area contributed by atoms with Crippen LogP contribution in [0.1, 0.15) is 25.2 Å². The predicted octanol–water partition coefficient (Wildman–Crippen LogP) is 1.33. The fraction of sp³-hybridized carbons (Fsp3) is 0.667. The van der Waals surface area contributed by atoms with Crippen molar-refractivity contribution in [1.82, 2.24) is 20.1 Å². The Morgan fingerprint density at radius 2 is 2.11 bits per heavy atom. The van der Waals surface area contributed by atoms with E-state index < -0.39 is 0 Å². The van der Waals surface area contributed by atoms with Crippen LogP contribution in [0.4, 0.5) is 0 Å². The lowest BCUT2D eigenvalue weighted by atomic mass is 10.2. The lowest BCUT2D eigenvalue weighted by Crippen LogP contribution is -2.49. The van der Waals surface area contributed by atoms with Gasteiger partial charge >= 0.3 is 0 Å². The molecule has 0 spiro atoms. The predicted molar refractivity (Wildman–Crippen MR) is 79.0 cm³/mol. The fourth-order valence-corrected chi connectivity index (χ4v) is 2.59. The number of rotatable bonds is 5. The summed E-state index contributed by atoms with van der Waals surface area (Å²) in [5, 5.41) is 3.33. The van der Waals surface area contributed by atoms with Crippen molar-refractivity contribution in [3.8, 4) is 0 Å². The maximum atomic E-state index is 4.74. The van der Waals surface area contributed by atoms with Crippen LogP contribution < -0.4 is 5.32 Å². The molecule has 4 nitrogen and oxygen atoms in total. The molecule has 1 saturated heterocycles. The summed E-state index contributed by atoms with van der Waals surface area (Å²) < 4.78 is 0. The van der Waals surface area contributed by atoms with E-state index in [0.29, 0.717) is 6.04 Å². The first-order valence-corrected chi connectivity index (χ1v) is 7.27. The zero-order valence-corrected chi connectivity index (χ0v) is 12.4. The third-order valence-corrected chi connectivity index (χ3v) is 3.75. The first-order valence-electron chi connectivity index (χ1n) is 7.27. The van der Waals surface area contributed by atoms with Crippen LogP contribution in [-0.4, -0.2) is 54.1 Å². The van der Waals surface area contributed by atoms with E-state index in [1.807, 2.05) is 0 Å². The van der Waals surface area contributed by atoms with E-state index in [2.05, 4.69) is 54.2 Å². The molecule has 2 heterocycles. The van der Waals surface area contributed by atoms with Gasteiger partial charge in [0, 0.05) is 38.8 Å². The summed E-state index contributed by atoms with van der Waals surface area (Å²) >= 11 is 0. The van der Waals surface area contributed by atoms with Crippen molar-refractivity contribution in [2.24, 2.45) is 0 Å². The zero-order valence-electron chi connectivity index (χ0n) is 12.4. The number of nitrogens with one attached hydrogen (secondary N) is 1. The molecule has 1 unspecified atom stereocenters. The second kappa shape index (κ2) is 6.98. The van der Waals surface area contributed by atoms with Gasteiger partial charge in [-0.15, -0.1) is 0 Å². The molecule has 0 amide bonds. The highest BCUT2D eigenvalue weighted by Gasteiger charge is 2.21. The summed E-state index contributed by atoms with van der Waals surface area (Å²) in [7, 11) is 2.20. The zero-order chi connectivity index (χ0) is 13.7. The second-order valence-electron chi connectivity index (χ2n) is 5.48. The maximum Gasteiger partial charge on any atom is 0.0548 e. The molecule has 1 N–H and O–H groups in total. The van der Waals surface area contributed by atoms with E-state index in [-0.39, 0.29) is 0 Å². The molecule has 1 aliphatic rings. The molecule has 0 saturated carbocycles. The third kappa shape index (κ3) is 4.27. The van der Waals surface area contributed by atoms with Gasteiger partial charge in [-0.2, -0.15) is 0 Å². The fourth-order valence-electron chi connectivity index (χ4n) is 2.59. The Hall–Kier alpha value is -0.970. The van der Waals surface area contributed by atoms with Crippen LogP contribution in [-0.2, 0) is 13.1 Å². The first kappa shape index (κ1) is 14.4. The van der Waals surface area contributed by atoms with E-state index in [9.17, 15) is 0 Å². The Kier molecular flexibility index (Phi) is 5.31. The van der Waals surface area contributed by atoms with Crippen LogP contribution >= 0.6 is 0 Å². The van der Waals surface area contributed by atoms with Crippen LogP contribution in [0.5, 0.6) is 0 Å². The molecule has 2 rings (SSSR count). The topological polar surface area (TPSA) is 31.4 Å². The molecule has 0 aliphatic carbocycles. The minimum atomic E-state index is 0.609. The van der Waals surface area contributed by atoms with E-state index in [4.69, 9.17) is 4.98 Å². The van der Waals surface area contributed by atoms with Gasteiger partial charge in [0.25, 0.3) is 0 Å². The van der Waals surface area contributed by atoms with Gasteiger partial charge in [-0.25, -0.2) is 0 Å². The SMILES string of the molecule is CCNCc1cccc(CN2CCN(C)CC2C)n1. The molecule has 0 aromatic carbocycles. The highest BCUT2D eigenvalue weighted by molar-refractivity contribution is 5.11. The maximum absolute atomic E-state index is 4.74. The van der Waals surface area contributed by atoms with Crippen LogP contribution in [0, 0.1) is 0 Å². The lowest BCUT2D eigenvalue weighted by molar-refractivity contribution is 0.0926. The molecule has 1 aliphatic heterocycles. The summed E-state index contributed by atoms with van der Waals surface area (Å²) in [6.07, 6.45) is 0. The van der Waals surface area contributed by atoms with Gasteiger partial charge < -0.3 is 10.2 Å². The Bertz CT molecular complexity index is 393. The molecule has 1 atom stereocenters. The van der Waals surface area contributed by atoms with Crippen molar-refractivity contribution in [3.63, 3.8) is 0 Å². The van der Waals surface area contributed by atoms with E-state index in [0.717, 1.165) is 45.0 Å². The molecule has 106 valence electrons.